The zero-order chi connectivity index (χ0) is 20.5. The number of anilines is 1. The molecule has 4 heterocycles. The van der Waals surface area contributed by atoms with Gasteiger partial charge >= 0.3 is 0 Å². The number of hydrogen-bond acceptors (Lipinski definition) is 6. The van der Waals surface area contributed by atoms with E-state index in [9.17, 15) is 9.59 Å². The van der Waals surface area contributed by atoms with Gasteiger partial charge in [0.25, 0.3) is 0 Å². The molecule has 1 aromatic rings. The Labute approximate surface area is 176 Å². The first-order chi connectivity index (χ1) is 14.7. The van der Waals surface area contributed by atoms with E-state index in [1.165, 1.54) is 0 Å². The standard InChI is InChI=1S/C22H29N3O5/c26-21-12-16(14-25(21)17-3-4-19-20(13-17)30-11-10-29-19)22(27)24-7-5-23(6-8-24)15-18-2-1-9-28-18/h3-4,13,16,18H,1-2,5-12,14-15H2/t16-,18+/m1/s1. The molecule has 0 aromatic heterocycles. The third-order valence-corrected chi connectivity index (χ3v) is 6.48. The highest BCUT2D eigenvalue weighted by atomic mass is 16.6. The quantitative estimate of drug-likeness (QED) is 0.734. The van der Waals surface area contributed by atoms with Gasteiger partial charge in [-0.05, 0) is 25.0 Å². The summed E-state index contributed by atoms with van der Waals surface area (Å²) in [6.45, 7) is 6.49. The third-order valence-electron chi connectivity index (χ3n) is 6.48. The summed E-state index contributed by atoms with van der Waals surface area (Å²) in [4.78, 5) is 31.7. The van der Waals surface area contributed by atoms with Crippen LogP contribution in [0.2, 0.25) is 0 Å². The van der Waals surface area contributed by atoms with Crippen molar-refractivity contribution in [1.29, 1.82) is 0 Å². The monoisotopic (exact) mass is 415 g/mol. The van der Waals surface area contributed by atoms with Gasteiger partial charge in [-0.2, -0.15) is 0 Å². The summed E-state index contributed by atoms with van der Waals surface area (Å²) in [5.41, 5.74) is 0.765. The zero-order valence-corrected chi connectivity index (χ0v) is 17.3. The van der Waals surface area contributed by atoms with Crippen molar-refractivity contribution in [2.45, 2.75) is 25.4 Å². The second kappa shape index (κ2) is 8.43. The van der Waals surface area contributed by atoms with Crippen LogP contribution in [-0.2, 0) is 14.3 Å². The zero-order valence-electron chi connectivity index (χ0n) is 17.3. The SMILES string of the molecule is O=C([C@@H]1CC(=O)N(c2ccc3c(c2)OCCO3)C1)N1CCN(C[C@@H]2CCCO2)CC1. The predicted octanol–water partition coefficient (Wildman–Crippen LogP) is 1.13. The van der Waals surface area contributed by atoms with Gasteiger partial charge in [0.05, 0.1) is 12.0 Å². The number of amides is 2. The highest BCUT2D eigenvalue weighted by Crippen LogP contribution is 2.36. The van der Waals surface area contributed by atoms with E-state index in [1.807, 2.05) is 23.1 Å². The Balaban J connectivity index is 1.17. The van der Waals surface area contributed by atoms with Crippen molar-refractivity contribution in [3.63, 3.8) is 0 Å². The fourth-order valence-corrected chi connectivity index (χ4v) is 4.81. The molecule has 30 heavy (non-hydrogen) atoms. The first-order valence-corrected chi connectivity index (χ1v) is 11.0. The van der Waals surface area contributed by atoms with Crippen molar-refractivity contribution in [3.8, 4) is 11.5 Å². The molecule has 0 radical (unpaired) electrons. The molecule has 4 aliphatic heterocycles. The molecule has 0 unspecified atom stereocenters. The molecule has 0 N–H and O–H groups in total. The van der Waals surface area contributed by atoms with Gasteiger partial charge in [0.15, 0.2) is 11.5 Å². The van der Waals surface area contributed by atoms with Crippen LogP contribution < -0.4 is 14.4 Å². The summed E-state index contributed by atoms with van der Waals surface area (Å²) in [7, 11) is 0. The number of ether oxygens (including phenoxy) is 3. The lowest BCUT2D eigenvalue weighted by molar-refractivity contribution is -0.137. The lowest BCUT2D eigenvalue weighted by Gasteiger charge is -2.36. The van der Waals surface area contributed by atoms with Crippen molar-refractivity contribution in [1.82, 2.24) is 9.80 Å². The summed E-state index contributed by atoms with van der Waals surface area (Å²) in [5.74, 6) is 1.16. The first-order valence-electron chi connectivity index (χ1n) is 11.0. The molecule has 2 amide bonds. The largest absolute Gasteiger partial charge is 0.486 e. The van der Waals surface area contributed by atoms with E-state index in [0.717, 1.165) is 57.9 Å². The highest BCUT2D eigenvalue weighted by molar-refractivity contribution is 6.00. The maximum Gasteiger partial charge on any atom is 0.228 e. The summed E-state index contributed by atoms with van der Waals surface area (Å²) >= 11 is 0. The van der Waals surface area contributed by atoms with Gasteiger partial charge in [0.2, 0.25) is 11.8 Å². The Kier molecular flexibility index (Phi) is 5.52. The number of carbonyl (C=O) groups excluding carboxylic acids is 2. The molecule has 2 atom stereocenters. The van der Waals surface area contributed by atoms with Gasteiger partial charge in [-0.3, -0.25) is 14.5 Å². The lowest BCUT2D eigenvalue weighted by atomic mass is 10.1. The van der Waals surface area contributed by atoms with E-state index < -0.39 is 0 Å². The van der Waals surface area contributed by atoms with Crippen LogP contribution in [0.4, 0.5) is 5.69 Å². The van der Waals surface area contributed by atoms with E-state index in [-0.39, 0.29) is 24.2 Å². The molecule has 4 aliphatic rings. The Hall–Kier alpha value is -2.32. The van der Waals surface area contributed by atoms with Gasteiger partial charge in [0.1, 0.15) is 13.2 Å². The Morgan fingerprint density at radius 3 is 2.60 bits per heavy atom. The number of fused-ring (bicyclic) bond motifs is 1. The summed E-state index contributed by atoms with van der Waals surface area (Å²) in [5, 5.41) is 0. The van der Waals surface area contributed by atoms with Crippen LogP contribution in [0.5, 0.6) is 11.5 Å². The van der Waals surface area contributed by atoms with Gasteiger partial charge in [0, 0.05) is 64.0 Å². The predicted molar refractivity (Wildman–Crippen MR) is 110 cm³/mol. The van der Waals surface area contributed by atoms with E-state index in [2.05, 4.69) is 4.90 Å². The average Bonchev–Trinajstić information content (AvgIpc) is 3.43. The smallest absolute Gasteiger partial charge is 0.228 e. The molecule has 1 aromatic carbocycles. The van der Waals surface area contributed by atoms with Crippen LogP contribution in [-0.4, -0.2) is 86.8 Å². The van der Waals surface area contributed by atoms with Gasteiger partial charge in [-0.1, -0.05) is 0 Å². The maximum absolute atomic E-state index is 13.1. The van der Waals surface area contributed by atoms with Crippen LogP contribution in [0.3, 0.4) is 0 Å². The summed E-state index contributed by atoms with van der Waals surface area (Å²) in [6.07, 6.45) is 2.90. The van der Waals surface area contributed by atoms with Crippen molar-refractivity contribution in [3.05, 3.63) is 18.2 Å². The molecule has 5 rings (SSSR count). The molecule has 0 saturated carbocycles. The minimum Gasteiger partial charge on any atom is -0.486 e. The number of rotatable bonds is 4. The van der Waals surface area contributed by atoms with E-state index >= 15 is 0 Å². The van der Waals surface area contributed by atoms with Crippen LogP contribution in [0.25, 0.3) is 0 Å². The molecule has 8 nitrogen and oxygen atoms in total. The Morgan fingerprint density at radius 2 is 1.83 bits per heavy atom. The molecule has 3 fully saturated rings. The fourth-order valence-electron chi connectivity index (χ4n) is 4.81. The van der Waals surface area contributed by atoms with E-state index in [1.54, 1.807) is 4.90 Å². The third kappa shape index (κ3) is 3.98. The minimum atomic E-state index is -0.282. The number of piperazine rings is 1. The molecule has 162 valence electrons. The van der Waals surface area contributed by atoms with E-state index in [0.29, 0.717) is 37.4 Å². The number of benzene rings is 1. The highest BCUT2D eigenvalue weighted by Gasteiger charge is 2.38. The molecule has 0 bridgehead atoms. The average molecular weight is 415 g/mol. The molecular formula is C22H29N3O5. The van der Waals surface area contributed by atoms with Crippen molar-refractivity contribution in [2.24, 2.45) is 5.92 Å². The Bertz CT molecular complexity index is 802. The van der Waals surface area contributed by atoms with Crippen molar-refractivity contribution in [2.75, 3.05) is 64.0 Å². The van der Waals surface area contributed by atoms with Crippen LogP contribution in [0, 0.1) is 5.92 Å². The normalized spacial score (nSPS) is 27.0. The molecule has 3 saturated heterocycles. The first kappa shape index (κ1) is 19.6. The van der Waals surface area contributed by atoms with Gasteiger partial charge in [-0.25, -0.2) is 0 Å². The second-order valence-corrected chi connectivity index (χ2v) is 8.49. The van der Waals surface area contributed by atoms with Crippen molar-refractivity contribution < 1.29 is 23.8 Å². The fraction of sp³-hybridized carbons (Fsp3) is 0.636. The minimum absolute atomic E-state index is 0.0120. The number of hydrogen-bond donors (Lipinski definition) is 0. The number of nitrogens with zero attached hydrogens (tertiary/aromatic N) is 3. The van der Waals surface area contributed by atoms with Gasteiger partial charge < -0.3 is 24.0 Å². The van der Waals surface area contributed by atoms with Crippen LogP contribution >= 0.6 is 0 Å². The summed E-state index contributed by atoms with van der Waals surface area (Å²) < 4.78 is 16.9. The van der Waals surface area contributed by atoms with Gasteiger partial charge in [-0.15, -0.1) is 0 Å². The molecule has 0 spiro atoms. The van der Waals surface area contributed by atoms with E-state index in [4.69, 9.17) is 14.2 Å². The maximum atomic E-state index is 13.1. The second-order valence-electron chi connectivity index (χ2n) is 8.49. The Morgan fingerprint density at radius 1 is 1.03 bits per heavy atom. The lowest BCUT2D eigenvalue weighted by Crippen LogP contribution is -2.52. The van der Waals surface area contributed by atoms with Crippen LogP contribution in [0.15, 0.2) is 18.2 Å². The molecule has 8 heteroatoms. The summed E-state index contributed by atoms with van der Waals surface area (Å²) in [6, 6.07) is 5.53. The molecule has 0 aliphatic carbocycles. The van der Waals surface area contributed by atoms with Crippen LogP contribution in [0.1, 0.15) is 19.3 Å². The van der Waals surface area contributed by atoms with Crippen molar-refractivity contribution >= 4 is 17.5 Å². The molecular weight excluding hydrogens is 386 g/mol. The number of carbonyl (C=O) groups is 2. The topological polar surface area (TPSA) is 71.6 Å².